The Morgan fingerprint density at radius 2 is 1.23 bits per heavy atom. The van der Waals surface area contributed by atoms with Crippen molar-refractivity contribution in [3.63, 3.8) is 0 Å². The zero-order chi connectivity index (χ0) is 22.2. The Balaban J connectivity index is 2.04. The van der Waals surface area contributed by atoms with Crippen molar-refractivity contribution in [2.75, 3.05) is 13.2 Å². The molecule has 0 aliphatic heterocycles. The molecular formula is C26H39N3O. The van der Waals surface area contributed by atoms with Crippen LogP contribution in [0.5, 0.6) is 5.75 Å². The predicted octanol–water partition coefficient (Wildman–Crippen LogP) is 7.59. The van der Waals surface area contributed by atoms with Gasteiger partial charge in [0.05, 0.1) is 18.0 Å². The Morgan fingerprint density at radius 1 is 0.700 bits per heavy atom. The van der Waals surface area contributed by atoms with Gasteiger partial charge in [-0.3, -0.25) is 0 Å². The van der Waals surface area contributed by atoms with Crippen LogP contribution in [0, 0.1) is 0 Å². The fourth-order valence-electron chi connectivity index (χ4n) is 3.05. The standard InChI is InChI=1S/C26H39N3O/c1-25(2,3)20-17-21(26(4,5)6)19-23(18-20)29-28-22-11-13-24(14-12-22)30-16-10-8-7-9-15-27/h11-14,17-19H,7-10,15-16,27H2,1-6H3. The molecule has 0 radical (unpaired) electrons. The Bertz CT molecular complexity index is 779. The minimum atomic E-state index is 0.0643. The third-order valence-electron chi connectivity index (χ3n) is 5.13. The second-order valence-electron chi connectivity index (χ2n) is 10.0. The number of ether oxygens (including phenoxy) is 1. The molecule has 0 aliphatic carbocycles. The molecule has 0 spiro atoms. The molecular weight excluding hydrogens is 370 g/mol. The molecule has 0 aliphatic rings. The first-order valence-electron chi connectivity index (χ1n) is 11.1. The van der Waals surface area contributed by atoms with Crippen LogP contribution in [0.2, 0.25) is 0 Å². The van der Waals surface area contributed by atoms with Crippen molar-refractivity contribution in [2.24, 2.45) is 16.0 Å². The summed E-state index contributed by atoms with van der Waals surface area (Å²) in [5.41, 5.74) is 9.91. The smallest absolute Gasteiger partial charge is 0.119 e. The van der Waals surface area contributed by atoms with Crippen LogP contribution in [-0.2, 0) is 10.8 Å². The molecule has 0 saturated heterocycles. The van der Waals surface area contributed by atoms with E-state index < -0.39 is 0 Å². The van der Waals surface area contributed by atoms with Crippen molar-refractivity contribution in [3.05, 3.63) is 53.6 Å². The lowest BCUT2D eigenvalue weighted by molar-refractivity contribution is 0.305. The van der Waals surface area contributed by atoms with Gasteiger partial charge in [-0.25, -0.2) is 0 Å². The van der Waals surface area contributed by atoms with Crippen LogP contribution in [0.1, 0.15) is 78.4 Å². The maximum absolute atomic E-state index is 5.81. The second-order valence-corrected chi connectivity index (χ2v) is 10.0. The van der Waals surface area contributed by atoms with E-state index in [1.807, 2.05) is 24.3 Å². The predicted molar refractivity (Wildman–Crippen MR) is 127 cm³/mol. The third-order valence-corrected chi connectivity index (χ3v) is 5.13. The summed E-state index contributed by atoms with van der Waals surface area (Å²) in [7, 11) is 0. The first kappa shape index (κ1) is 24.1. The van der Waals surface area contributed by atoms with Crippen LogP contribution < -0.4 is 10.5 Å². The highest BCUT2D eigenvalue weighted by Gasteiger charge is 2.20. The first-order valence-corrected chi connectivity index (χ1v) is 11.1. The lowest BCUT2D eigenvalue weighted by Crippen LogP contribution is -2.16. The molecule has 0 atom stereocenters. The number of nitrogens with two attached hydrogens (primary N) is 1. The van der Waals surface area contributed by atoms with E-state index in [0.29, 0.717) is 0 Å². The van der Waals surface area contributed by atoms with Crippen molar-refractivity contribution >= 4 is 11.4 Å². The maximum Gasteiger partial charge on any atom is 0.119 e. The molecule has 0 aromatic heterocycles. The lowest BCUT2D eigenvalue weighted by Gasteiger charge is -2.25. The van der Waals surface area contributed by atoms with E-state index in [4.69, 9.17) is 10.5 Å². The maximum atomic E-state index is 5.81. The fourth-order valence-corrected chi connectivity index (χ4v) is 3.05. The van der Waals surface area contributed by atoms with Crippen LogP contribution in [0.3, 0.4) is 0 Å². The summed E-state index contributed by atoms with van der Waals surface area (Å²) in [4.78, 5) is 0. The number of benzene rings is 2. The SMILES string of the molecule is CC(C)(C)c1cc(N=Nc2ccc(OCCCCCCN)cc2)cc(C(C)(C)C)c1. The van der Waals surface area contributed by atoms with E-state index in [1.54, 1.807) is 0 Å². The normalized spacial score (nSPS) is 12.5. The molecule has 4 nitrogen and oxygen atoms in total. The average molecular weight is 410 g/mol. The summed E-state index contributed by atoms with van der Waals surface area (Å²) < 4.78 is 5.81. The number of unbranched alkanes of at least 4 members (excludes halogenated alkanes) is 3. The molecule has 0 bridgehead atoms. The third kappa shape index (κ3) is 7.91. The van der Waals surface area contributed by atoms with Gasteiger partial charge in [0.1, 0.15) is 5.75 Å². The number of hydrogen-bond donors (Lipinski definition) is 1. The zero-order valence-electron chi connectivity index (χ0n) is 19.7. The van der Waals surface area contributed by atoms with E-state index in [1.165, 1.54) is 17.5 Å². The Hall–Kier alpha value is -2.20. The van der Waals surface area contributed by atoms with Gasteiger partial charge >= 0.3 is 0 Å². The topological polar surface area (TPSA) is 60.0 Å². The highest BCUT2D eigenvalue weighted by molar-refractivity contribution is 5.49. The Labute approximate surface area is 182 Å². The Morgan fingerprint density at radius 3 is 1.77 bits per heavy atom. The van der Waals surface area contributed by atoms with Crippen LogP contribution in [0.4, 0.5) is 11.4 Å². The number of azo groups is 1. The van der Waals surface area contributed by atoms with Crippen LogP contribution >= 0.6 is 0 Å². The molecule has 2 aromatic rings. The van der Waals surface area contributed by atoms with Gasteiger partial charge in [-0.15, -0.1) is 0 Å². The van der Waals surface area contributed by atoms with Crippen molar-refractivity contribution in [2.45, 2.75) is 78.1 Å². The number of rotatable bonds is 9. The van der Waals surface area contributed by atoms with Gasteiger partial charge in [0.15, 0.2) is 0 Å². The van der Waals surface area contributed by atoms with Gasteiger partial charge in [-0.2, -0.15) is 10.2 Å². The molecule has 0 heterocycles. The summed E-state index contributed by atoms with van der Waals surface area (Å²) in [6, 6.07) is 14.4. The van der Waals surface area contributed by atoms with E-state index in [-0.39, 0.29) is 10.8 Å². The van der Waals surface area contributed by atoms with Gasteiger partial charge in [0.2, 0.25) is 0 Å². The summed E-state index contributed by atoms with van der Waals surface area (Å²) in [6.07, 6.45) is 4.48. The molecule has 2 aromatic carbocycles. The number of hydrogen-bond acceptors (Lipinski definition) is 4. The first-order chi connectivity index (χ1) is 14.1. The van der Waals surface area contributed by atoms with Gasteiger partial charge in [-0.05, 0) is 77.7 Å². The van der Waals surface area contributed by atoms with Gasteiger partial charge < -0.3 is 10.5 Å². The van der Waals surface area contributed by atoms with Gasteiger partial charge in [0.25, 0.3) is 0 Å². The van der Waals surface area contributed by atoms with Crippen molar-refractivity contribution in [1.82, 2.24) is 0 Å². The fraction of sp³-hybridized carbons (Fsp3) is 0.538. The van der Waals surface area contributed by atoms with Gasteiger partial charge in [0, 0.05) is 0 Å². The summed E-state index contributed by atoms with van der Waals surface area (Å²) in [5, 5.41) is 8.98. The summed E-state index contributed by atoms with van der Waals surface area (Å²) >= 11 is 0. The Kier molecular flexibility index (Phi) is 8.60. The molecule has 164 valence electrons. The van der Waals surface area contributed by atoms with E-state index >= 15 is 0 Å². The zero-order valence-corrected chi connectivity index (χ0v) is 19.7. The number of nitrogens with zero attached hydrogens (tertiary/aromatic N) is 2. The van der Waals surface area contributed by atoms with Crippen molar-refractivity contribution in [1.29, 1.82) is 0 Å². The average Bonchev–Trinajstić information content (AvgIpc) is 2.68. The van der Waals surface area contributed by atoms with Crippen LogP contribution in [-0.4, -0.2) is 13.2 Å². The molecule has 0 amide bonds. The summed E-state index contributed by atoms with van der Waals surface area (Å²) in [5.74, 6) is 0.873. The quantitative estimate of drug-likeness (QED) is 0.342. The molecule has 4 heteroatoms. The minimum absolute atomic E-state index is 0.0643. The highest BCUT2D eigenvalue weighted by atomic mass is 16.5. The highest BCUT2D eigenvalue weighted by Crippen LogP contribution is 2.33. The monoisotopic (exact) mass is 409 g/mol. The van der Waals surface area contributed by atoms with E-state index in [2.05, 4.69) is 70.0 Å². The summed E-state index contributed by atoms with van der Waals surface area (Å²) in [6.45, 7) is 14.9. The molecule has 2 rings (SSSR count). The van der Waals surface area contributed by atoms with Crippen LogP contribution in [0.25, 0.3) is 0 Å². The van der Waals surface area contributed by atoms with E-state index in [9.17, 15) is 0 Å². The molecule has 0 unspecified atom stereocenters. The molecule has 2 N–H and O–H groups in total. The minimum Gasteiger partial charge on any atom is -0.494 e. The van der Waals surface area contributed by atoms with Crippen molar-refractivity contribution < 1.29 is 4.74 Å². The molecule has 0 fully saturated rings. The van der Waals surface area contributed by atoms with E-state index in [0.717, 1.165) is 49.5 Å². The van der Waals surface area contributed by atoms with Gasteiger partial charge in [-0.1, -0.05) is 60.5 Å². The lowest BCUT2D eigenvalue weighted by atomic mass is 9.80. The largest absolute Gasteiger partial charge is 0.494 e. The van der Waals surface area contributed by atoms with Crippen molar-refractivity contribution in [3.8, 4) is 5.75 Å². The second kappa shape index (κ2) is 10.7. The molecule has 0 saturated carbocycles. The molecule has 30 heavy (non-hydrogen) atoms. The van der Waals surface area contributed by atoms with Crippen LogP contribution in [0.15, 0.2) is 52.7 Å².